The molecule has 1 aromatic heterocycles. The molecule has 6 aromatic rings. The van der Waals surface area contributed by atoms with Gasteiger partial charge in [-0.25, -0.2) is 0 Å². The molecule has 0 amide bonds. The van der Waals surface area contributed by atoms with Gasteiger partial charge in [-0.1, -0.05) is 91.0 Å². The Bertz CT molecular complexity index is 1770. The fourth-order valence-electron chi connectivity index (χ4n) is 5.69. The maximum atomic E-state index is 2.41. The summed E-state index contributed by atoms with van der Waals surface area (Å²) in [5.41, 5.74) is 10.1. The lowest BCUT2D eigenvalue weighted by molar-refractivity contribution is 1.17. The van der Waals surface area contributed by atoms with E-state index in [2.05, 4.69) is 133 Å². The number of nitrogens with zero attached hydrogens (tertiary/aromatic N) is 1. The monoisotopic (exact) mass is 447 g/mol. The minimum absolute atomic E-state index is 0.961. The molecule has 7 rings (SSSR count). The van der Waals surface area contributed by atoms with E-state index in [-0.39, 0.29) is 0 Å². The van der Waals surface area contributed by atoms with Crippen LogP contribution in [-0.4, -0.2) is 4.57 Å². The molecule has 0 bridgehead atoms. The summed E-state index contributed by atoms with van der Waals surface area (Å²) < 4.78 is 2.41. The van der Waals surface area contributed by atoms with Gasteiger partial charge in [-0.05, 0) is 82.3 Å². The third kappa shape index (κ3) is 3.16. The van der Waals surface area contributed by atoms with Gasteiger partial charge in [-0.2, -0.15) is 0 Å². The van der Waals surface area contributed by atoms with Crippen molar-refractivity contribution >= 4 is 44.7 Å². The number of rotatable bonds is 2. The highest BCUT2D eigenvalue weighted by Gasteiger charge is 2.16. The van der Waals surface area contributed by atoms with Crippen molar-refractivity contribution in [3.8, 4) is 16.8 Å². The molecule has 0 saturated carbocycles. The Morgan fingerprint density at radius 3 is 1.97 bits per heavy atom. The van der Waals surface area contributed by atoms with Crippen LogP contribution in [0.3, 0.4) is 0 Å². The third-order valence-corrected chi connectivity index (χ3v) is 7.18. The fourth-order valence-corrected chi connectivity index (χ4v) is 5.69. The Labute approximate surface area is 205 Å². The number of para-hydroxylation sites is 2. The summed E-state index contributed by atoms with van der Waals surface area (Å²) in [4.78, 5) is 0. The number of allylic oxidation sites excluding steroid dienone is 2. The van der Waals surface area contributed by atoms with Crippen LogP contribution in [0.4, 0.5) is 0 Å². The molecule has 1 nitrogen and oxygen atoms in total. The smallest absolute Gasteiger partial charge is 0.0541 e. The molecule has 0 radical (unpaired) electrons. The van der Waals surface area contributed by atoms with Gasteiger partial charge in [0.25, 0.3) is 0 Å². The second-order valence-electron chi connectivity index (χ2n) is 9.44. The molecule has 0 fully saturated rings. The molecule has 1 aliphatic carbocycles. The Balaban J connectivity index is 1.54. The normalized spacial score (nSPS) is 12.9. The van der Waals surface area contributed by atoms with E-state index >= 15 is 0 Å². The van der Waals surface area contributed by atoms with E-state index in [0.29, 0.717) is 0 Å². The summed E-state index contributed by atoms with van der Waals surface area (Å²) in [6.45, 7) is 2.20. The molecule has 1 heteroatoms. The highest BCUT2D eigenvalue weighted by molar-refractivity contribution is 6.09. The molecule has 0 atom stereocenters. The lowest BCUT2D eigenvalue weighted by Gasteiger charge is -2.16. The minimum Gasteiger partial charge on any atom is -0.309 e. The van der Waals surface area contributed by atoms with Crippen LogP contribution >= 0.6 is 0 Å². The quantitative estimate of drug-likeness (QED) is 0.249. The highest BCUT2D eigenvalue weighted by atomic mass is 15.0. The maximum Gasteiger partial charge on any atom is 0.0541 e. The van der Waals surface area contributed by atoms with Crippen LogP contribution in [0.25, 0.3) is 61.5 Å². The number of aryl methyl sites for hydroxylation is 1. The summed E-state index contributed by atoms with van der Waals surface area (Å²) >= 11 is 0. The van der Waals surface area contributed by atoms with Gasteiger partial charge in [0.2, 0.25) is 0 Å². The van der Waals surface area contributed by atoms with Crippen LogP contribution in [0.1, 0.15) is 23.1 Å². The van der Waals surface area contributed by atoms with E-state index in [9.17, 15) is 0 Å². The van der Waals surface area contributed by atoms with Gasteiger partial charge >= 0.3 is 0 Å². The first kappa shape index (κ1) is 20.1. The number of fused-ring (bicyclic) bond motifs is 6. The van der Waals surface area contributed by atoms with Crippen LogP contribution in [0, 0.1) is 6.92 Å². The molecule has 166 valence electrons. The minimum atomic E-state index is 0.961. The zero-order chi connectivity index (χ0) is 23.4. The molecule has 1 aliphatic rings. The Hall–Kier alpha value is -4.36. The van der Waals surface area contributed by atoms with Gasteiger partial charge < -0.3 is 4.57 Å². The number of aromatic nitrogens is 1. The van der Waals surface area contributed by atoms with Crippen LogP contribution in [-0.2, 0) is 0 Å². The average Bonchev–Trinajstić information content (AvgIpc) is 3.03. The van der Waals surface area contributed by atoms with Gasteiger partial charge in [0.15, 0.2) is 0 Å². The summed E-state index contributed by atoms with van der Waals surface area (Å²) in [6, 6.07) is 35.5. The summed E-state index contributed by atoms with van der Waals surface area (Å²) in [5.74, 6) is 0. The van der Waals surface area contributed by atoms with Gasteiger partial charge in [0.1, 0.15) is 0 Å². The largest absolute Gasteiger partial charge is 0.309 e. The van der Waals surface area contributed by atoms with Crippen LogP contribution < -0.4 is 0 Å². The summed E-state index contributed by atoms with van der Waals surface area (Å²) in [5, 5.41) is 5.17. The van der Waals surface area contributed by atoms with Crippen molar-refractivity contribution in [1.29, 1.82) is 0 Å². The number of hydrogen-bond donors (Lipinski definition) is 0. The zero-order valence-electron chi connectivity index (χ0n) is 19.7. The molecule has 5 aromatic carbocycles. The summed E-state index contributed by atoms with van der Waals surface area (Å²) in [6.07, 6.45) is 10.1. The zero-order valence-corrected chi connectivity index (χ0v) is 19.7. The van der Waals surface area contributed by atoms with Gasteiger partial charge in [-0.3, -0.25) is 0 Å². The van der Waals surface area contributed by atoms with Crippen molar-refractivity contribution in [2.75, 3.05) is 0 Å². The third-order valence-electron chi connectivity index (χ3n) is 7.18. The van der Waals surface area contributed by atoms with Gasteiger partial charge in [-0.15, -0.1) is 0 Å². The molecular weight excluding hydrogens is 422 g/mol. The molecule has 35 heavy (non-hydrogen) atoms. The Morgan fingerprint density at radius 2 is 1.23 bits per heavy atom. The van der Waals surface area contributed by atoms with Crippen molar-refractivity contribution in [3.05, 3.63) is 126 Å². The SMILES string of the molecule is Cc1cc(-c2cc3ccccc3c3c2C=CCC=C3)cc(-n2c3ccccc3c3ccccc32)c1. The van der Waals surface area contributed by atoms with Crippen molar-refractivity contribution in [3.63, 3.8) is 0 Å². The predicted octanol–water partition coefficient (Wildman–Crippen LogP) is 9.34. The van der Waals surface area contributed by atoms with Crippen LogP contribution in [0.15, 0.2) is 109 Å². The average molecular weight is 448 g/mol. The summed E-state index contributed by atoms with van der Waals surface area (Å²) in [7, 11) is 0. The second-order valence-corrected chi connectivity index (χ2v) is 9.44. The maximum absolute atomic E-state index is 2.41. The van der Waals surface area contributed by atoms with E-state index in [1.165, 1.54) is 66.1 Å². The number of benzene rings is 5. The molecule has 1 heterocycles. The molecule has 0 N–H and O–H groups in total. The number of hydrogen-bond acceptors (Lipinski definition) is 0. The Kier molecular flexibility index (Phi) is 4.50. The van der Waals surface area contributed by atoms with Crippen LogP contribution in [0.2, 0.25) is 0 Å². The molecule has 0 aliphatic heterocycles. The van der Waals surface area contributed by atoms with E-state index in [4.69, 9.17) is 0 Å². The standard InChI is InChI=1S/C34H25N/c1-23-19-25(32-22-24-11-5-6-12-27(24)28-13-3-2-4-14-29(28)32)21-26(20-23)35-33-17-9-7-15-30(33)31-16-8-10-18-34(31)35/h3-22H,2H2,1H3. The Morgan fingerprint density at radius 1 is 0.600 bits per heavy atom. The van der Waals surface area contributed by atoms with Gasteiger partial charge in [0.05, 0.1) is 11.0 Å². The first-order valence-electron chi connectivity index (χ1n) is 12.3. The fraction of sp³-hybridized carbons (Fsp3) is 0.0588. The topological polar surface area (TPSA) is 4.93 Å². The molecule has 0 unspecified atom stereocenters. The van der Waals surface area contributed by atoms with Crippen molar-refractivity contribution in [1.82, 2.24) is 4.57 Å². The molecular formula is C34H25N. The molecule has 0 saturated heterocycles. The first-order valence-corrected chi connectivity index (χ1v) is 12.3. The van der Waals surface area contributed by atoms with Gasteiger partial charge in [0, 0.05) is 16.5 Å². The van der Waals surface area contributed by atoms with Crippen molar-refractivity contribution in [2.24, 2.45) is 0 Å². The van der Waals surface area contributed by atoms with E-state index in [1.54, 1.807) is 0 Å². The molecule has 0 spiro atoms. The van der Waals surface area contributed by atoms with E-state index in [0.717, 1.165) is 6.42 Å². The van der Waals surface area contributed by atoms with Crippen LogP contribution in [0.5, 0.6) is 0 Å². The van der Waals surface area contributed by atoms with E-state index in [1.807, 2.05) is 0 Å². The second kappa shape index (κ2) is 7.85. The first-order chi connectivity index (χ1) is 17.3. The lowest BCUT2D eigenvalue weighted by atomic mass is 9.89. The lowest BCUT2D eigenvalue weighted by Crippen LogP contribution is -1.97. The predicted molar refractivity (Wildman–Crippen MR) is 151 cm³/mol. The van der Waals surface area contributed by atoms with Crippen molar-refractivity contribution < 1.29 is 0 Å². The van der Waals surface area contributed by atoms with E-state index < -0.39 is 0 Å². The highest BCUT2D eigenvalue weighted by Crippen LogP contribution is 2.38. The van der Waals surface area contributed by atoms with Crippen molar-refractivity contribution in [2.45, 2.75) is 13.3 Å².